The van der Waals surface area contributed by atoms with Gasteiger partial charge in [0.05, 0.1) is 6.26 Å². The van der Waals surface area contributed by atoms with Gasteiger partial charge in [-0.05, 0) is 23.8 Å². The Labute approximate surface area is 123 Å². The van der Waals surface area contributed by atoms with Gasteiger partial charge < -0.3 is 14.1 Å². The Bertz CT molecular complexity index is 627. The van der Waals surface area contributed by atoms with Crippen LogP contribution >= 0.6 is 0 Å². The summed E-state index contributed by atoms with van der Waals surface area (Å²) in [6, 6.07) is 11.7. The summed E-state index contributed by atoms with van der Waals surface area (Å²) in [5, 5.41) is 0. The highest BCUT2D eigenvalue weighted by Gasteiger charge is 2.42. The summed E-state index contributed by atoms with van der Waals surface area (Å²) in [5.74, 6) is 1.40. The van der Waals surface area contributed by atoms with Gasteiger partial charge >= 0.3 is 0 Å². The number of ether oxygens (including phenoxy) is 1. The van der Waals surface area contributed by atoms with Crippen LogP contribution in [0, 0.1) is 0 Å². The molecular formula is C17H17NO3. The molecule has 21 heavy (non-hydrogen) atoms. The van der Waals surface area contributed by atoms with Crippen LogP contribution in [0.3, 0.4) is 0 Å². The Kier molecular flexibility index (Phi) is 2.77. The van der Waals surface area contributed by atoms with Crippen LogP contribution in [0.5, 0.6) is 5.75 Å². The molecule has 1 aromatic carbocycles. The average Bonchev–Trinajstić information content (AvgIpc) is 3.14. The predicted octanol–water partition coefficient (Wildman–Crippen LogP) is 2.89. The molecule has 0 N–H and O–H groups in total. The molecule has 2 aromatic rings. The molecule has 0 unspecified atom stereocenters. The van der Waals surface area contributed by atoms with Crippen LogP contribution in [0.15, 0.2) is 47.1 Å². The summed E-state index contributed by atoms with van der Waals surface area (Å²) in [6.45, 7) is 1.43. The number of amides is 1. The molecule has 1 saturated heterocycles. The van der Waals surface area contributed by atoms with Gasteiger partial charge in [0.2, 0.25) is 0 Å². The van der Waals surface area contributed by atoms with Gasteiger partial charge in [0.25, 0.3) is 5.91 Å². The van der Waals surface area contributed by atoms with Crippen molar-refractivity contribution in [1.82, 2.24) is 4.90 Å². The van der Waals surface area contributed by atoms with Gasteiger partial charge in [0.15, 0.2) is 5.76 Å². The lowest BCUT2D eigenvalue weighted by atomic mass is 9.87. The zero-order valence-corrected chi connectivity index (χ0v) is 11.7. The highest BCUT2D eigenvalue weighted by Crippen LogP contribution is 2.40. The van der Waals surface area contributed by atoms with Crippen molar-refractivity contribution in [2.24, 2.45) is 0 Å². The predicted molar refractivity (Wildman–Crippen MR) is 77.4 cm³/mol. The molecule has 4 rings (SSSR count). The molecular weight excluding hydrogens is 266 g/mol. The number of hydrogen-bond acceptors (Lipinski definition) is 3. The summed E-state index contributed by atoms with van der Waals surface area (Å²) >= 11 is 0. The van der Waals surface area contributed by atoms with Crippen LogP contribution in [0.1, 0.15) is 29.0 Å². The van der Waals surface area contributed by atoms with Crippen LogP contribution in [-0.2, 0) is 6.42 Å². The monoisotopic (exact) mass is 283 g/mol. The van der Waals surface area contributed by atoms with E-state index in [1.54, 1.807) is 12.1 Å². The number of furan rings is 1. The number of nitrogens with zero attached hydrogens (tertiary/aromatic N) is 1. The van der Waals surface area contributed by atoms with Crippen LogP contribution < -0.4 is 4.74 Å². The quantitative estimate of drug-likeness (QED) is 0.808. The summed E-state index contributed by atoms with van der Waals surface area (Å²) < 4.78 is 11.4. The van der Waals surface area contributed by atoms with Gasteiger partial charge in [-0.1, -0.05) is 18.2 Å². The number of hydrogen-bond donors (Lipinski definition) is 0. The van der Waals surface area contributed by atoms with Gasteiger partial charge in [-0.3, -0.25) is 4.79 Å². The van der Waals surface area contributed by atoms with Crippen LogP contribution in [0.2, 0.25) is 0 Å². The van der Waals surface area contributed by atoms with Gasteiger partial charge in [-0.15, -0.1) is 0 Å². The molecule has 4 nitrogen and oxygen atoms in total. The maximum Gasteiger partial charge on any atom is 0.289 e. The Hall–Kier alpha value is -2.23. The Balaban J connectivity index is 1.45. The number of rotatable bonds is 1. The first-order chi connectivity index (χ1) is 10.3. The topological polar surface area (TPSA) is 42.7 Å². The second-order valence-corrected chi connectivity index (χ2v) is 5.84. The fourth-order valence-electron chi connectivity index (χ4n) is 3.32. The lowest BCUT2D eigenvalue weighted by molar-refractivity contribution is 0.0175. The molecule has 0 atom stereocenters. The minimum Gasteiger partial charge on any atom is -0.487 e. The Morgan fingerprint density at radius 3 is 2.62 bits per heavy atom. The van der Waals surface area contributed by atoms with Crippen molar-refractivity contribution in [3.8, 4) is 5.75 Å². The largest absolute Gasteiger partial charge is 0.487 e. The van der Waals surface area contributed by atoms with Crippen molar-refractivity contribution >= 4 is 5.91 Å². The Morgan fingerprint density at radius 1 is 1.10 bits per heavy atom. The summed E-state index contributed by atoms with van der Waals surface area (Å²) in [4.78, 5) is 14.1. The van der Waals surface area contributed by atoms with Crippen molar-refractivity contribution in [3.05, 3.63) is 54.0 Å². The summed E-state index contributed by atoms with van der Waals surface area (Å²) in [5.41, 5.74) is 1.16. The molecule has 3 heterocycles. The third-order valence-corrected chi connectivity index (χ3v) is 4.51. The number of fused-ring (bicyclic) bond motifs is 1. The lowest BCUT2D eigenvalue weighted by Crippen LogP contribution is -2.49. The maximum atomic E-state index is 12.3. The normalized spacial score (nSPS) is 19.3. The number of likely N-dealkylation sites (tertiary alicyclic amines) is 1. The average molecular weight is 283 g/mol. The van der Waals surface area contributed by atoms with Crippen molar-refractivity contribution in [2.45, 2.75) is 24.9 Å². The highest BCUT2D eigenvalue weighted by molar-refractivity contribution is 5.91. The van der Waals surface area contributed by atoms with Crippen LogP contribution in [-0.4, -0.2) is 29.5 Å². The highest BCUT2D eigenvalue weighted by atomic mass is 16.5. The van der Waals surface area contributed by atoms with Crippen molar-refractivity contribution in [2.75, 3.05) is 13.1 Å². The second kappa shape index (κ2) is 4.65. The molecule has 108 valence electrons. The lowest BCUT2D eigenvalue weighted by Gasteiger charge is -2.38. The van der Waals surface area contributed by atoms with Crippen LogP contribution in [0.4, 0.5) is 0 Å². The zero-order valence-electron chi connectivity index (χ0n) is 11.7. The smallest absolute Gasteiger partial charge is 0.289 e. The molecule has 1 aromatic heterocycles. The van der Waals surface area contributed by atoms with Gasteiger partial charge in [0, 0.05) is 32.4 Å². The number of benzene rings is 1. The Morgan fingerprint density at radius 2 is 1.90 bits per heavy atom. The summed E-state index contributed by atoms with van der Waals surface area (Å²) in [6.07, 6.45) is 4.23. The van der Waals surface area contributed by atoms with E-state index in [1.807, 2.05) is 17.0 Å². The van der Waals surface area contributed by atoms with Gasteiger partial charge in [-0.25, -0.2) is 0 Å². The fourth-order valence-corrected chi connectivity index (χ4v) is 3.32. The maximum absolute atomic E-state index is 12.3. The number of piperidine rings is 1. The molecule has 1 spiro atoms. The molecule has 4 heteroatoms. The van der Waals surface area contributed by atoms with Gasteiger partial charge in [0.1, 0.15) is 11.4 Å². The fraction of sp³-hybridized carbons (Fsp3) is 0.353. The van der Waals surface area contributed by atoms with E-state index in [0.717, 1.165) is 25.0 Å². The summed E-state index contributed by atoms with van der Waals surface area (Å²) in [7, 11) is 0. The molecule has 2 aliphatic heterocycles. The molecule has 0 radical (unpaired) electrons. The SMILES string of the molecule is O=C(c1ccco1)N1CCC2(CC1)Cc1ccccc1O2. The van der Waals surface area contributed by atoms with Crippen molar-refractivity contribution < 1.29 is 13.9 Å². The standard InChI is InChI=1S/C17H17NO3/c19-16(15-6-3-11-20-15)18-9-7-17(8-10-18)12-13-4-1-2-5-14(13)21-17/h1-6,11H,7-10,12H2. The van der Waals surface area contributed by atoms with E-state index >= 15 is 0 Å². The van der Waals surface area contributed by atoms with E-state index in [1.165, 1.54) is 11.8 Å². The van der Waals surface area contributed by atoms with Crippen molar-refractivity contribution in [3.63, 3.8) is 0 Å². The van der Waals surface area contributed by atoms with E-state index in [0.29, 0.717) is 18.8 Å². The number of para-hydroxylation sites is 1. The molecule has 1 fully saturated rings. The molecule has 0 saturated carbocycles. The molecule has 1 amide bonds. The molecule has 0 aliphatic carbocycles. The second-order valence-electron chi connectivity index (χ2n) is 5.84. The minimum absolute atomic E-state index is 0.0228. The van der Waals surface area contributed by atoms with E-state index in [2.05, 4.69) is 12.1 Å². The number of carbonyl (C=O) groups excluding carboxylic acids is 1. The first-order valence-electron chi connectivity index (χ1n) is 7.36. The minimum atomic E-state index is -0.121. The third-order valence-electron chi connectivity index (χ3n) is 4.51. The first kappa shape index (κ1) is 12.5. The first-order valence-corrected chi connectivity index (χ1v) is 7.36. The van der Waals surface area contributed by atoms with E-state index in [-0.39, 0.29) is 11.5 Å². The molecule has 0 bridgehead atoms. The third kappa shape index (κ3) is 2.11. The zero-order chi connectivity index (χ0) is 14.3. The van der Waals surface area contributed by atoms with E-state index in [4.69, 9.17) is 9.15 Å². The van der Waals surface area contributed by atoms with E-state index in [9.17, 15) is 4.79 Å². The van der Waals surface area contributed by atoms with Crippen LogP contribution in [0.25, 0.3) is 0 Å². The molecule has 2 aliphatic rings. The number of carbonyl (C=O) groups is 1. The van der Waals surface area contributed by atoms with E-state index < -0.39 is 0 Å². The van der Waals surface area contributed by atoms with Gasteiger partial charge in [-0.2, -0.15) is 0 Å². The van der Waals surface area contributed by atoms with Crippen molar-refractivity contribution in [1.29, 1.82) is 0 Å².